The summed E-state index contributed by atoms with van der Waals surface area (Å²) in [6, 6.07) is 21.5. The number of amides is 2. The summed E-state index contributed by atoms with van der Waals surface area (Å²) < 4.78 is 11.7. The smallest absolute Gasteiger partial charge is 0.259 e. The minimum Gasteiger partial charge on any atom is -0.493 e. The van der Waals surface area contributed by atoms with Crippen LogP contribution in [0.15, 0.2) is 72.8 Å². The Kier molecular flexibility index (Phi) is 10.8. The Morgan fingerprint density at radius 2 is 0.972 bits per heavy atom. The largest absolute Gasteiger partial charge is 0.493 e. The summed E-state index contributed by atoms with van der Waals surface area (Å²) in [6.07, 6.45) is 6.32. The highest BCUT2D eigenvalue weighted by Gasteiger charge is 2.14. The Morgan fingerprint density at radius 3 is 1.36 bits per heavy atom. The molecule has 0 fully saturated rings. The van der Waals surface area contributed by atoms with Crippen molar-refractivity contribution in [1.29, 1.82) is 0 Å². The number of rotatable bonds is 14. The minimum atomic E-state index is -0.243. The molecule has 0 saturated heterocycles. The molecule has 0 aliphatic carbocycles. The summed E-state index contributed by atoms with van der Waals surface area (Å²) in [6.45, 7) is 5.45. The van der Waals surface area contributed by atoms with Crippen LogP contribution in [0.3, 0.4) is 0 Å². The molecule has 3 aromatic rings. The van der Waals surface area contributed by atoms with Gasteiger partial charge in [0.25, 0.3) is 11.8 Å². The lowest BCUT2D eigenvalue weighted by Gasteiger charge is -2.13. The summed E-state index contributed by atoms with van der Waals surface area (Å²) in [4.78, 5) is 25.7. The highest BCUT2D eigenvalue weighted by molar-refractivity contribution is 6.07. The van der Waals surface area contributed by atoms with E-state index in [-0.39, 0.29) is 11.8 Å². The zero-order chi connectivity index (χ0) is 25.6. The van der Waals surface area contributed by atoms with Crippen LogP contribution in [0.4, 0.5) is 11.4 Å². The molecule has 0 radical (unpaired) electrons. The van der Waals surface area contributed by atoms with Crippen LogP contribution in [0.25, 0.3) is 0 Å². The van der Waals surface area contributed by atoms with Gasteiger partial charge in [0.1, 0.15) is 11.5 Å². The van der Waals surface area contributed by atoms with Gasteiger partial charge in [-0.25, -0.2) is 0 Å². The van der Waals surface area contributed by atoms with E-state index in [9.17, 15) is 9.59 Å². The Hall–Kier alpha value is -3.80. The van der Waals surface area contributed by atoms with Gasteiger partial charge in [0.05, 0.1) is 24.3 Å². The first-order valence-electron chi connectivity index (χ1n) is 12.8. The Balaban J connectivity index is 1.59. The number of ether oxygens (including phenoxy) is 2. The van der Waals surface area contributed by atoms with Crippen LogP contribution in [0.1, 0.15) is 73.1 Å². The number of benzene rings is 3. The van der Waals surface area contributed by atoms with E-state index >= 15 is 0 Å². The number of nitrogens with one attached hydrogen (secondary N) is 2. The van der Waals surface area contributed by atoms with Gasteiger partial charge in [-0.3, -0.25) is 9.59 Å². The molecule has 2 amide bonds. The second kappa shape index (κ2) is 14.6. The first-order valence-corrected chi connectivity index (χ1v) is 12.8. The Labute approximate surface area is 214 Å². The van der Waals surface area contributed by atoms with Crippen molar-refractivity contribution in [3.63, 3.8) is 0 Å². The number of unbranched alkanes of at least 4 members (excludes halogenated alkanes) is 4. The van der Waals surface area contributed by atoms with Crippen molar-refractivity contribution in [3.8, 4) is 11.5 Å². The van der Waals surface area contributed by atoms with Crippen molar-refractivity contribution < 1.29 is 19.1 Å². The fraction of sp³-hybridized carbons (Fsp3) is 0.333. The summed E-state index contributed by atoms with van der Waals surface area (Å²) in [7, 11) is 0. The van der Waals surface area contributed by atoms with E-state index in [4.69, 9.17) is 9.47 Å². The lowest BCUT2D eigenvalue weighted by molar-refractivity contribution is 0.101. The molecule has 36 heavy (non-hydrogen) atoms. The molecular weight excluding hydrogens is 452 g/mol. The lowest BCUT2D eigenvalue weighted by Crippen LogP contribution is -2.15. The molecule has 0 unspecified atom stereocenters. The fourth-order valence-electron chi connectivity index (χ4n) is 3.66. The second-order valence-electron chi connectivity index (χ2n) is 8.59. The van der Waals surface area contributed by atoms with E-state index in [1.807, 2.05) is 36.4 Å². The molecule has 3 rings (SSSR count). The highest BCUT2D eigenvalue weighted by atomic mass is 16.5. The van der Waals surface area contributed by atoms with Gasteiger partial charge in [0.15, 0.2) is 0 Å². The molecule has 0 spiro atoms. The molecule has 0 aromatic heterocycles. The van der Waals surface area contributed by atoms with Gasteiger partial charge < -0.3 is 20.1 Å². The molecule has 6 nitrogen and oxygen atoms in total. The van der Waals surface area contributed by atoms with Crippen molar-refractivity contribution >= 4 is 23.2 Å². The van der Waals surface area contributed by atoms with Crippen LogP contribution in [0, 0.1) is 0 Å². The average molecular weight is 489 g/mol. The van der Waals surface area contributed by atoms with E-state index in [0.29, 0.717) is 47.2 Å². The highest BCUT2D eigenvalue weighted by Crippen LogP contribution is 2.23. The Bertz CT molecular complexity index is 1020. The molecule has 190 valence electrons. The van der Waals surface area contributed by atoms with E-state index in [1.165, 1.54) is 0 Å². The van der Waals surface area contributed by atoms with Crippen LogP contribution in [-0.4, -0.2) is 25.0 Å². The standard InChI is InChI=1S/C30H36N2O4/c1-3-5-11-21-35-27-15-9-7-13-25(27)29(33)31-23-17-19-24(20-18-23)32-30(34)26-14-8-10-16-28(26)36-22-12-6-4-2/h7-10,13-20H,3-6,11-12,21-22H2,1-2H3,(H,31,33)(H,32,34). The molecule has 0 saturated carbocycles. The van der Waals surface area contributed by atoms with Gasteiger partial charge in [-0.1, -0.05) is 63.8 Å². The van der Waals surface area contributed by atoms with E-state index in [0.717, 1.165) is 38.5 Å². The zero-order valence-electron chi connectivity index (χ0n) is 21.2. The molecule has 0 bridgehead atoms. The van der Waals surface area contributed by atoms with Crippen molar-refractivity contribution in [2.24, 2.45) is 0 Å². The predicted octanol–water partition coefficient (Wildman–Crippen LogP) is 7.33. The number of anilines is 2. The third-order valence-corrected chi connectivity index (χ3v) is 5.67. The molecule has 0 aliphatic heterocycles. The molecule has 0 atom stereocenters. The molecule has 6 heteroatoms. The lowest BCUT2D eigenvalue weighted by atomic mass is 10.1. The number of hydrogen-bond acceptors (Lipinski definition) is 4. The topological polar surface area (TPSA) is 76.7 Å². The van der Waals surface area contributed by atoms with E-state index < -0.39 is 0 Å². The summed E-state index contributed by atoms with van der Waals surface area (Å²) in [5.41, 5.74) is 2.22. The zero-order valence-corrected chi connectivity index (χ0v) is 21.2. The monoisotopic (exact) mass is 488 g/mol. The van der Waals surface area contributed by atoms with Crippen molar-refractivity contribution in [3.05, 3.63) is 83.9 Å². The van der Waals surface area contributed by atoms with Gasteiger partial charge >= 0.3 is 0 Å². The number of hydrogen-bond donors (Lipinski definition) is 2. The molecule has 3 aromatic carbocycles. The minimum absolute atomic E-state index is 0.243. The first kappa shape index (κ1) is 26.8. The summed E-state index contributed by atoms with van der Waals surface area (Å²) in [5.74, 6) is 0.662. The average Bonchev–Trinajstić information content (AvgIpc) is 2.90. The maximum atomic E-state index is 12.9. The Morgan fingerprint density at radius 1 is 0.583 bits per heavy atom. The number of carbonyl (C=O) groups excluding carboxylic acids is 2. The van der Waals surface area contributed by atoms with Gasteiger partial charge in [0.2, 0.25) is 0 Å². The van der Waals surface area contributed by atoms with Gasteiger partial charge in [-0.15, -0.1) is 0 Å². The van der Waals surface area contributed by atoms with Gasteiger partial charge in [0, 0.05) is 11.4 Å². The predicted molar refractivity (Wildman–Crippen MR) is 145 cm³/mol. The van der Waals surface area contributed by atoms with Crippen molar-refractivity contribution in [1.82, 2.24) is 0 Å². The van der Waals surface area contributed by atoms with Crippen LogP contribution in [0.2, 0.25) is 0 Å². The fourth-order valence-corrected chi connectivity index (χ4v) is 3.66. The third kappa shape index (κ3) is 8.15. The molecular formula is C30H36N2O4. The van der Waals surface area contributed by atoms with Crippen LogP contribution in [0.5, 0.6) is 11.5 Å². The van der Waals surface area contributed by atoms with E-state index in [2.05, 4.69) is 24.5 Å². The number of para-hydroxylation sites is 2. The molecule has 2 N–H and O–H groups in total. The SMILES string of the molecule is CCCCCOc1ccccc1C(=O)Nc1ccc(NC(=O)c2ccccc2OCCCCC)cc1. The normalized spacial score (nSPS) is 10.5. The van der Waals surface area contributed by atoms with Crippen LogP contribution >= 0.6 is 0 Å². The maximum absolute atomic E-state index is 12.9. The van der Waals surface area contributed by atoms with Gasteiger partial charge in [-0.2, -0.15) is 0 Å². The van der Waals surface area contributed by atoms with Crippen LogP contribution < -0.4 is 20.1 Å². The van der Waals surface area contributed by atoms with Crippen molar-refractivity contribution in [2.45, 2.75) is 52.4 Å². The molecule has 0 aliphatic rings. The van der Waals surface area contributed by atoms with Crippen molar-refractivity contribution in [2.75, 3.05) is 23.8 Å². The number of carbonyl (C=O) groups is 2. The maximum Gasteiger partial charge on any atom is 0.259 e. The van der Waals surface area contributed by atoms with E-state index in [1.54, 1.807) is 36.4 Å². The first-order chi connectivity index (χ1) is 17.6. The summed E-state index contributed by atoms with van der Waals surface area (Å²) >= 11 is 0. The van der Waals surface area contributed by atoms with Gasteiger partial charge in [-0.05, 0) is 61.4 Å². The second-order valence-corrected chi connectivity index (χ2v) is 8.59. The quantitative estimate of drug-likeness (QED) is 0.233. The third-order valence-electron chi connectivity index (χ3n) is 5.67. The van der Waals surface area contributed by atoms with Crippen LogP contribution in [-0.2, 0) is 0 Å². The molecule has 0 heterocycles. The summed E-state index contributed by atoms with van der Waals surface area (Å²) in [5, 5.41) is 5.81.